The van der Waals surface area contributed by atoms with Gasteiger partial charge >= 0.3 is 0 Å². The smallest absolute Gasteiger partial charge is 0.136 e. The number of para-hydroxylation sites is 2. The monoisotopic (exact) mass is 605 g/mol. The minimum absolute atomic E-state index is 0.400. The van der Waals surface area contributed by atoms with Crippen LogP contribution in [-0.2, 0) is 5.41 Å². The number of anilines is 2. The molecular formula is C43H27NOS. The van der Waals surface area contributed by atoms with E-state index in [0.29, 0.717) is 0 Å². The zero-order valence-corrected chi connectivity index (χ0v) is 25.6. The van der Waals surface area contributed by atoms with Crippen LogP contribution < -0.4 is 5.32 Å². The molecule has 216 valence electrons. The van der Waals surface area contributed by atoms with Crippen LogP contribution in [0.2, 0.25) is 0 Å². The Balaban J connectivity index is 1.17. The van der Waals surface area contributed by atoms with E-state index in [4.69, 9.17) is 4.42 Å². The molecule has 2 aliphatic rings. The minimum atomic E-state index is -0.400. The molecule has 3 heteroatoms. The van der Waals surface area contributed by atoms with Crippen molar-refractivity contribution >= 4 is 45.1 Å². The van der Waals surface area contributed by atoms with Gasteiger partial charge in [0.15, 0.2) is 0 Å². The second-order valence-electron chi connectivity index (χ2n) is 12.1. The molecule has 1 N–H and O–H groups in total. The maximum Gasteiger partial charge on any atom is 0.136 e. The van der Waals surface area contributed by atoms with Crippen molar-refractivity contribution in [3.63, 3.8) is 0 Å². The second-order valence-corrected chi connectivity index (χ2v) is 13.2. The molecule has 0 fully saturated rings. The summed E-state index contributed by atoms with van der Waals surface area (Å²) in [6.45, 7) is 0. The minimum Gasteiger partial charge on any atom is -0.456 e. The Labute approximate surface area is 271 Å². The fourth-order valence-electron chi connectivity index (χ4n) is 7.92. The van der Waals surface area contributed by atoms with Gasteiger partial charge in [-0.1, -0.05) is 127 Å². The molecule has 1 aliphatic heterocycles. The lowest BCUT2D eigenvalue weighted by molar-refractivity contribution is 0.669. The molecule has 1 aliphatic carbocycles. The summed E-state index contributed by atoms with van der Waals surface area (Å²) in [4.78, 5) is 2.60. The van der Waals surface area contributed by atoms with Gasteiger partial charge in [0.2, 0.25) is 0 Å². The van der Waals surface area contributed by atoms with Crippen LogP contribution >= 0.6 is 11.8 Å². The summed E-state index contributed by atoms with van der Waals surface area (Å²) in [5.41, 5.74) is 13.8. The first-order chi connectivity index (χ1) is 22.8. The molecule has 0 radical (unpaired) electrons. The van der Waals surface area contributed by atoms with Gasteiger partial charge in [0.1, 0.15) is 11.2 Å². The van der Waals surface area contributed by atoms with Crippen LogP contribution in [0.3, 0.4) is 0 Å². The summed E-state index contributed by atoms with van der Waals surface area (Å²) in [6.07, 6.45) is 0. The van der Waals surface area contributed by atoms with E-state index in [1.54, 1.807) is 0 Å². The largest absolute Gasteiger partial charge is 0.456 e. The van der Waals surface area contributed by atoms with Crippen LogP contribution in [-0.4, -0.2) is 0 Å². The summed E-state index contributed by atoms with van der Waals surface area (Å²) in [6, 6.07) is 57.1. The van der Waals surface area contributed by atoms with Gasteiger partial charge in [-0.15, -0.1) is 0 Å². The van der Waals surface area contributed by atoms with Gasteiger partial charge in [0.05, 0.1) is 5.41 Å². The number of nitrogens with one attached hydrogen (secondary N) is 1. The average molecular weight is 606 g/mol. The van der Waals surface area contributed by atoms with E-state index in [9.17, 15) is 0 Å². The predicted molar refractivity (Wildman–Crippen MR) is 190 cm³/mol. The number of hydrogen-bond donors (Lipinski definition) is 1. The Morgan fingerprint density at radius 3 is 1.89 bits per heavy atom. The van der Waals surface area contributed by atoms with Crippen molar-refractivity contribution in [1.82, 2.24) is 0 Å². The van der Waals surface area contributed by atoms with Crippen molar-refractivity contribution in [1.29, 1.82) is 0 Å². The van der Waals surface area contributed by atoms with E-state index in [0.717, 1.165) is 44.4 Å². The molecule has 7 aromatic carbocycles. The molecule has 0 saturated heterocycles. The number of benzene rings is 7. The predicted octanol–water partition coefficient (Wildman–Crippen LogP) is 11.8. The summed E-state index contributed by atoms with van der Waals surface area (Å²) in [5.74, 6) is 0. The molecule has 1 aromatic heterocycles. The van der Waals surface area contributed by atoms with Gasteiger partial charge in [-0.25, -0.2) is 0 Å². The van der Waals surface area contributed by atoms with Gasteiger partial charge in [-0.3, -0.25) is 0 Å². The molecule has 2 heterocycles. The van der Waals surface area contributed by atoms with Gasteiger partial charge in [0.25, 0.3) is 0 Å². The van der Waals surface area contributed by atoms with Crippen LogP contribution in [0.15, 0.2) is 172 Å². The van der Waals surface area contributed by atoms with Crippen molar-refractivity contribution in [2.45, 2.75) is 15.2 Å². The van der Waals surface area contributed by atoms with Crippen molar-refractivity contribution in [2.24, 2.45) is 0 Å². The Morgan fingerprint density at radius 2 is 1.07 bits per heavy atom. The SMILES string of the molecule is c1ccc(-c2cccc3oc4ccccc4c23)c(Nc2ccc3c(c2)C2(c4ccccc4S3)c3ccccc3-c3ccccc32)c1. The highest BCUT2D eigenvalue weighted by Crippen LogP contribution is 2.62. The lowest BCUT2D eigenvalue weighted by Crippen LogP contribution is -2.32. The van der Waals surface area contributed by atoms with Crippen molar-refractivity contribution in [2.75, 3.05) is 5.32 Å². The topological polar surface area (TPSA) is 25.2 Å². The second kappa shape index (κ2) is 9.74. The first-order valence-corrected chi connectivity index (χ1v) is 16.5. The van der Waals surface area contributed by atoms with Gasteiger partial charge in [-0.05, 0) is 81.4 Å². The molecule has 0 amide bonds. The van der Waals surface area contributed by atoms with Gasteiger partial charge in [-0.2, -0.15) is 0 Å². The standard InChI is InChI=1S/C43H27NOS/c1-5-17-33-28(12-1)29-13-2-6-18-34(29)43(33)35-19-7-10-23-40(35)46-41-25-24-27(26-36(41)43)44-37-20-8-3-14-30(37)31-16-11-22-39-42(31)32-15-4-9-21-38(32)45-39/h1-26,44H. The van der Waals surface area contributed by atoms with Crippen LogP contribution in [0.5, 0.6) is 0 Å². The number of fused-ring (bicyclic) bond motifs is 12. The molecule has 0 bridgehead atoms. The van der Waals surface area contributed by atoms with Crippen LogP contribution in [0.4, 0.5) is 11.4 Å². The number of rotatable bonds is 3. The molecule has 2 nitrogen and oxygen atoms in total. The highest BCUT2D eigenvalue weighted by atomic mass is 32.2. The summed E-state index contributed by atoms with van der Waals surface area (Å²) >= 11 is 1.87. The highest BCUT2D eigenvalue weighted by molar-refractivity contribution is 7.99. The Kier molecular flexibility index (Phi) is 5.46. The van der Waals surface area contributed by atoms with Crippen LogP contribution in [0.25, 0.3) is 44.2 Å². The van der Waals surface area contributed by atoms with Crippen LogP contribution in [0, 0.1) is 0 Å². The molecule has 0 saturated carbocycles. The summed E-state index contributed by atoms with van der Waals surface area (Å²) in [7, 11) is 0. The molecule has 0 unspecified atom stereocenters. The van der Waals surface area contributed by atoms with E-state index in [1.807, 2.05) is 23.9 Å². The quantitative estimate of drug-likeness (QED) is 0.217. The molecule has 46 heavy (non-hydrogen) atoms. The zero-order chi connectivity index (χ0) is 30.2. The van der Waals surface area contributed by atoms with E-state index in [1.165, 1.54) is 43.2 Å². The van der Waals surface area contributed by atoms with E-state index in [-0.39, 0.29) is 0 Å². The number of hydrogen-bond acceptors (Lipinski definition) is 3. The molecular weight excluding hydrogens is 579 g/mol. The third-order valence-corrected chi connectivity index (χ3v) is 10.9. The lowest BCUT2D eigenvalue weighted by Gasteiger charge is -2.40. The first kappa shape index (κ1) is 25.8. The van der Waals surface area contributed by atoms with E-state index in [2.05, 4.69) is 151 Å². The Hall–Kier alpha value is -5.51. The average Bonchev–Trinajstić information content (AvgIpc) is 3.64. The van der Waals surface area contributed by atoms with Crippen molar-refractivity contribution in [3.8, 4) is 22.3 Å². The highest BCUT2D eigenvalue weighted by Gasteiger charge is 2.50. The van der Waals surface area contributed by atoms with Gasteiger partial charge < -0.3 is 9.73 Å². The maximum absolute atomic E-state index is 6.25. The van der Waals surface area contributed by atoms with Crippen LogP contribution in [0.1, 0.15) is 22.3 Å². The zero-order valence-electron chi connectivity index (χ0n) is 24.8. The van der Waals surface area contributed by atoms with Gasteiger partial charge in [0, 0.05) is 37.5 Å². The van der Waals surface area contributed by atoms with E-state index < -0.39 is 5.41 Å². The normalized spacial score (nSPS) is 13.7. The molecule has 10 rings (SSSR count). The molecule has 8 aromatic rings. The maximum atomic E-state index is 6.25. The van der Waals surface area contributed by atoms with Crippen molar-refractivity contribution < 1.29 is 4.42 Å². The van der Waals surface area contributed by atoms with E-state index >= 15 is 0 Å². The third kappa shape index (κ3) is 3.49. The summed E-state index contributed by atoms with van der Waals surface area (Å²) in [5, 5.41) is 6.14. The van der Waals surface area contributed by atoms with Crippen molar-refractivity contribution in [3.05, 3.63) is 180 Å². The number of furan rings is 1. The lowest BCUT2D eigenvalue weighted by atomic mass is 9.67. The fraction of sp³-hybridized carbons (Fsp3) is 0.0233. The fourth-order valence-corrected chi connectivity index (χ4v) is 9.09. The molecule has 1 spiro atoms. The third-order valence-electron chi connectivity index (χ3n) is 9.75. The molecule has 0 atom stereocenters. The summed E-state index contributed by atoms with van der Waals surface area (Å²) < 4.78 is 6.25. The Morgan fingerprint density at radius 1 is 0.457 bits per heavy atom. The first-order valence-electron chi connectivity index (χ1n) is 15.7. The Bertz CT molecular complexity index is 2460.